The maximum absolute atomic E-state index is 9.75. The molecule has 0 saturated carbocycles. The van der Waals surface area contributed by atoms with Crippen LogP contribution in [0.4, 0.5) is 17.1 Å². The molecule has 0 spiro atoms. The molecule has 0 saturated heterocycles. The van der Waals surface area contributed by atoms with Crippen LogP contribution in [0.3, 0.4) is 0 Å². The third kappa shape index (κ3) is 8.27. The lowest BCUT2D eigenvalue weighted by Crippen LogP contribution is -2.09. The lowest BCUT2D eigenvalue weighted by atomic mass is 9.93. The van der Waals surface area contributed by atoms with Crippen LogP contribution < -0.4 is 4.90 Å². The van der Waals surface area contributed by atoms with Gasteiger partial charge in [-0.05, 0) is 149 Å². The minimum Gasteiger partial charge on any atom is -0.311 e. The van der Waals surface area contributed by atoms with Gasteiger partial charge in [-0.3, -0.25) is 0 Å². The van der Waals surface area contributed by atoms with Crippen molar-refractivity contribution >= 4 is 27.8 Å². The summed E-state index contributed by atoms with van der Waals surface area (Å²) in [6.45, 7) is 0. The summed E-state index contributed by atoms with van der Waals surface area (Å²) < 4.78 is 155. The molecule has 65 heavy (non-hydrogen) atoms. The van der Waals surface area contributed by atoms with E-state index < -0.39 is 136 Å². The van der Waals surface area contributed by atoms with Crippen molar-refractivity contribution in [2.45, 2.75) is 0 Å². The van der Waals surface area contributed by atoms with E-state index in [-0.39, 0.29) is 11.3 Å². The van der Waals surface area contributed by atoms with Crippen molar-refractivity contribution in [3.8, 4) is 77.9 Å². The monoisotopic (exact) mass is 844 g/mol. The highest BCUT2D eigenvalue weighted by Crippen LogP contribution is 2.40. The molecule has 0 N–H and O–H groups in total. The van der Waals surface area contributed by atoms with E-state index in [0.717, 1.165) is 54.6 Å². The van der Waals surface area contributed by atoms with Crippen molar-refractivity contribution in [3.05, 3.63) is 273 Å². The zero-order valence-electron chi connectivity index (χ0n) is 51.6. The number of hydrogen-bond acceptors (Lipinski definition) is 1. The molecule has 0 unspecified atom stereocenters. The largest absolute Gasteiger partial charge is 0.311 e. The standard InChI is InChI=1S/C64H45N/c1-4-14-46(15-5-1)49-26-28-50(29-27-49)51-30-36-60(37-31-51)65(61-38-32-52(33-39-61)55-22-12-23-56(42-55)64-25-13-21-54-20-10-11-24-63(54)64)62-40-34-53(35-41-62)59-44-57(47-16-6-2-7-17-47)43-58(45-59)48-18-8-3-9-19-48/h1-45H/i1D,4D,5D,14D,15D,26D,27D,28D,29D,30D,31D,32D,33D,36D,37D,38D,39D. The summed E-state index contributed by atoms with van der Waals surface area (Å²) in [5.74, 6) is 0. The van der Waals surface area contributed by atoms with Crippen LogP contribution in [0.2, 0.25) is 0 Å². The molecule has 0 aliphatic carbocycles. The fourth-order valence-electron chi connectivity index (χ4n) is 7.92. The second-order valence-electron chi connectivity index (χ2n) is 15.2. The van der Waals surface area contributed by atoms with Crippen molar-refractivity contribution in [1.29, 1.82) is 0 Å². The molecule has 0 heterocycles. The van der Waals surface area contributed by atoms with E-state index in [0.29, 0.717) is 11.1 Å². The van der Waals surface area contributed by atoms with Gasteiger partial charge in [-0.1, -0.05) is 212 Å². The Morgan fingerprint density at radius 2 is 0.646 bits per heavy atom. The molecule has 0 amide bonds. The molecular formula is C64H45N. The Labute approximate surface area is 405 Å². The first-order valence-electron chi connectivity index (χ1n) is 29.4. The highest BCUT2D eigenvalue weighted by molar-refractivity contribution is 5.97. The smallest absolute Gasteiger partial charge is 0.0645 e. The van der Waals surface area contributed by atoms with Crippen LogP contribution in [0.15, 0.2) is 273 Å². The molecule has 0 aromatic heterocycles. The molecule has 0 atom stereocenters. The summed E-state index contributed by atoms with van der Waals surface area (Å²) >= 11 is 0. The van der Waals surface area contributed by atoms with Gasteiger partial charge in [0.2, 0.25) is 0 Å². The van der Waals surface area contributed by atoms with Crippen LogP contribution in [0, 0.1) is 0 Å². The summed E-state index contributed by atoms with van der Waals surface area (Å²) in [6.07, 6.45) is 0. The number of fused-ring (bicyclic) bond motifs is 1. The first kappa shape index (κ1) is 24.9. The lowest BCUT2D eigenvalue weighted by molar-refractivity contribution is 1.28. The summed E-state index contributed by atoms with van der Waals surface area (Å²) in [5.41, 5.74) is 3.92. The van der Waals surface area contributed by atoms with Crippen molar-refractivity contribution in [3.63, 3.8) is 0 Å². The van der Waals surface area contributed by atoms with E-state index in [2.05, 4.69) is 6.07 Å². The van der Waals surface area contributed by atoms with Crippen LogP contribution in [0.5, 0.6) is 0 Å². The van der Waals surface area contributed by atoms with Crippen molar-refractivity contribution in [2.75, 3.05) is 4.90 Å². The lowest BCUT2D eigenvalue weighted by Gasteiger charge is -2.26. The van der Waals surface area contributed by atoms with Gasteiger partial charge in [0.25, 0.3) is 0 Å². The second kappa shape index (κ2) is 17.7. The third-order valence-electron chi connectivity index (χ3n) is 11.2. The summed E-state index contributed by atoms with van der Waals surface area (Å²) in [6, 6.07) is 40.8. The Morgan fingerprint density at radius 1 is 0.246 bits per heavy atom. The number of anilines is 3. The van der Waals surface area contributed by atoms with Gasteiger partial charge in [0, 0.05) is 17.1 Å². The van der Waals surface area contributed by atoms with Crippen LogP contribution in [0.25, 0.3) is 88.7 Å². The quantitative estimate of drug-likeness (QED) is 0.133. The van der Waals surface area contributed by atoms with Crippen LogP contribution in [-0.4, -0.2) is 0 Å². The fraction of sp³-hybridized carbons (Fsp3) is 0. The van der Waals surface area contributed by atoms with Crippen LogP contribution in [-0.2, 0) is 0 Å². The topological polar surface area (TPSA) is 3.24 Å². The Morgan fingerprint density at radius 3 is 1.22 bits per heavy atom. The van der Waals surface area contributed by atoms with Crippen LogP contribution >= 0.6 is 0 Å². The number of hydrogen-bond donors (Lipinski definition) is 0. The second-order valence-corrected chi connectivity index (χ2v) is 15.2. The van der Waals surface area contributed by atoms with Crippen LogP contribution in [0.1, 0.15) is 23.3 Å². The number of nitrogens with zero attached hydrogens (tertiary/aromatic N) is 1. The molecule has 11 aromatic rings. The minimum atomic E-state index is -0.879. The van der Waals surface area contributed by atoms with E-state index in [1.165, 1.54) is 0 Å². The van der Waals surface area contributed by atoms with Gasteiger partial charge in [0.05, 0.1) is 23.3 Å². The molecule has 0 fully saturated rings. The minimum absolute atomic E-state index is 0.0334. The predicted octanol–water partition coefficient (Wildman–Crippen LogP) is 18.0. The molecule has 0 radical (unpaired) electrons. The summed E-state index contributed by atoms with van der Waals surface area (Å²) in [4.78, 5) is 1.14. The molecular weight excluding hydrogens is 783 g/mol. The highest BCUT2D eigenvalue weighted by Gasteiger charge is 2.15. The average molecular weight is 845 g/mol. The van der Waals surface area contributed by atoms with E-state index in [4.69, 9.17) is 12.3 Å². The molecule has 11 rings (SSSR count). The molecule has 1 nitrogen and oxygen atoms in total. The Bertz CT molecular complexity index is 4240. The van der Waals surface area contributed by atoms with Gasteiger partial charge in [-0.2, -0.15) is 0 Å². The van der Waals surface area contributed by atoms with Gasteiger partial charge in [-0.25, -0.2) is 0 Å². The normalized spacial score (nSPS) is 14.7. The van der Waals surface area contributed by atoms with Crippen molar-refractivity contribution in [1.82, 2.24) is 0 Å². The molecule has 0 aliphatic heterocycles. The van der Waals surface area contributed by atoms with Crippen molar-refractivity contribution < 1.29 is 23.3 Å². The SMILES string of the molecule is [2H]c1c([2H])c([2H])c(-c2c([2H])c([2H])c(-c3c([2H])c([2H])c(N(c4ccc(-c5cc(-c6ccccc6)cc(-c6ccccc6)c5)cc4)c4c([2H])c([2H])c(-c5cccc(-c6cccc7ccccc67)c5)c([2H])c4[2H])c([2H])c3[2H])c([2H])c2[2H])c([2H])c1[2H]. The Balaban J connectivity index is 1.12. The first-order valence-corrected chi connectivity index (χ1v) is 20.9. The Kier molecular flexibility index (Phi) is 6.79. The van der Waals surface area contributed by atoms with Gasteiger partial charge in [0.15, 0.2) is 0 Å². The maximum Gasteiger partial charge on any atom is 0.0645 e. The highest BCUT2D eigenvalue weighted by atomic mass is 15.1. The van der Waals surface area contributed by atoms with E-state index >= 15 is 0 Å². The van der Waals surface area contributed by atoms with Gasteiger partial charge in [-0.15, -0.1) is 0 Å². The number of rotatable bonds is 10. The molecule has 1 heteroatoms. The zero-order valence-corrected chi connectivity index (χ0v) is 34.6. The maximum atomic E-state index is 9.75. The third-order valence-corrected chi connectivity index (χ3v) is 11.2. The molecule has 306 valence electrons. The van der Waals surface area contributed by atoms with E-state index in [1.807, 2.05) is 121 Å². The summed E-state index contributed by atoms with van der Waals surface area (Å²) in [5, 5.41) is 1.97. The van der Waals surface area contributed by atoms with Gasteiger partial charge < -0.3 is 4.90 Å². The zero-order chi connectivity index (χ0) is 58.2. The average Bonchev–Trinajstić information content (AvgIpc) is 3.57. The van der Waals surface area contributed by atoms with Crippen molar-refractivity contribution in [2.24, 2.45) is 0 Å². The molecule has 11 aromatic carbocycles. The van der Waals surface area contributed by atoms with E-state index in [1.54, 1.807) is 42.5 Å². The fourth-order valence-corrected chi connectivity index (χ4v) is 7.92. The number of benzene rings is 11. The predicted molar refractivity (Wildman–Crippen MR) is 277 cm³/mol. The van der Waals surface area contributed by atoms with Gasteiger partial charge >= 0.3 is 0 Å². The molecule has 0 bridgehead atoms. The first-order chi connectivity index (χ1) is 39.3. The van der Waals surface area contributed by atoms with E-state index in [9.17, 15) is 11.0 Å². The summed E-state index contributed by atoms with van der Waals surface area (Å²) in [7, 11) is 0. The van der Waals surface area contributed by atoms with Gasteiger partial charge in [0.1, 0.15) is 0 Å². The molecule has 0 aliphatic rings. The Hall–Kier alpha value is -8.52.